The monoisotopic (exact) mass is 286 g/mol. The fraction of sp³-hybridized carbons (Fsp3) is 0.100. The SMILES string of the molecule is COc1ccsc1C(=O)c1ccc(Br)o1. The molecule has 5 heteroatoms. The second-order valence-electron chi connectivity index (χ2n) is 2.75. The van der Waals surface area contributed by atoms with Crippen molar-refractivity contribution in [2.75, 3.05) is 7.11 Å². The molecule has 0 spiro atoms. The lowest BCUT2D eigenvalue weighted by atomic mass is 10.2. The maximum Gasteiger partial charge on any atom is 0.241 e. The van der Waals surface area contributed by atoms with E-state index in [0.717, 1.165) is 0 Å². The van der Waals surface area contributed by atoms with Gasteiger partial charge in [0.1, 0.15) is 10.6 Å². The Balaban J connectivity index is 2.36. The predicted molar refractivity (Wildman–Crippen MR) is 60.7 cm³/mol. The molecule has 78 valence electrons. The van der Waals surface area contributed by atoms with E-state index in [4.69, 9.17) is 9.15 Å². The van der Waals surface area contributed by atoms with Gasteiger partial charge in [0.15, 0.2) is 10.4 Å². The molecule has 0 unspecified atom stereocenters. The summed E-state index contributed by atoms with van der Waals surface area (Å²) in [6, 6.07) is 5.08. The van der Waals surface area contributed by atoms with E-state index < -0.39 is 0 Å². The zero-order valence-corrected chi connectivity index (χ0v) is 10.2. The Bertz CT molecular complexity index is 486. The summed E-state index contributed by atoms with van der Waals surface area (Å²) in [5, 5.41) is 1.81. The molecule has 0 aliphatic rings. The van der Waals surface area contributed by atoms with Crippen LogP contribution in [-0.4, -0.2) is 12.9 Å². The van der Waals surface area contributed by atoms with Crippen molar-refractivity contribution in [2.24, 2.45) is 0 Å². The van der Waals surface area contributed by atoms with Crippen LogP contribution in [0.15, 0.2) is 32.7 Å². The zero-order chi connectivity index (χ0) is 10.8. The number of carbonyl (C=O) groups excluding carboxylic acids is 1. The number of hydrogen-bond donors (Lipinski definition) is 0. The highest BCUT2D eigenvalue weighted by atomic mass is 79.9. The van der Waals surface area contributed by atoms with Crippen LogP contribution >= 0.6 is 27.3 Å². The number of ketones is 1. The number of furan rings is 1. The minimum Gasteiger partial charge on any atom is -0.495 e. The number of halogens is 1. The Kier molecular flexibility index (Phi) is 2.93. The third-order valence-corrected chi connectivity index (χ3v) is 3.17. The van der Waals surface area contributed by atoms with Crippen molar-refractivity contribution in [1.29, 1.82) is 0 Å². The molecule has 0 bridgehead atoms. The van der Waals surface area contributed by atoms with E-state index in [9.17, 15) is 4.79 Å². The fourth-order valence-electron chi connectivity index (χ4n) is 1.17. The van der Waals surface area contributed by atoms with Crippen LogP contribution < -0.4 is 4.74 Å². The molecule has 3 nitrogen and oxygen atoms in total. The molecular weight excluding hydrogens is 280 g/mol. The van der Waals surface area contributed by atoms with E-state index in [1.807, 2.05) is 5.38 Å². The number of hydrogen-bond acceptors (Lipinski definition) is 4. The number of ether oxygens (including phenoxy) is 1. The maximum absolute atomic E-state index is 11.9. The molecule has 0 aromatic carbocycles. The normalized spacial score (nSPS) is 10.3. The first-order valence-corrected chi connectivity index (χ1v) is 5.81. The first-order chi connectivity index (χ1) is 7.22. The summed E-state index contributed by atoms with van der Waals surface area (Å²) >= 11 is 4.49. The Labute approximate surface area is 98.8 Å². The second kappa shape index (κ2) is 4.20. The van der Waals surface area contributed by atoms with Crippen molar-refractivity contribution in [1.82, 2.24) is 0 Å². The number of carbonyl (C=O) groups is 1. The number of thiophene rings is 1. The Morgan fingerprint density at radius 1 is 1.47 bits per heavy atom. The summed E-state index contributed by atoms with van der Waals surface area (Å²) in [5.41, 5.74) is 0. The van der Waals surface area contributed by atoms with Gasteiger partial charge in [-0.3, -0.25) is 4.79 Å². The van der Waals surface area contributed by atoms with Gasteiger partial charge >= 0.3 is 0 Å². The molecule has 0 N–H and O–H groups in total. The molecule has 0 radical (unpaired) electrons. The molecule has 2 heterocycles. The highest BCUT2D eigenvalue weighted by Crippen LogP contribution is 2.28. The molecule has 2 aromatic heterocycles. The summed E-state index contributed by atoms with van der Waals surface area (Å²) in [6.45, 7) is 0. The van der Waals surface area contributed by atoms with E-state index in [2.05, 4.69) is 15.9 Å². The number of methoxy groups -OCH3 is 1. The molecule has 0 saturated carbocycles. The minimum atomic E-state index is -0.160. The molecule has 0 aliphatic carbocycles. The lowest BCUT2D eigenvalue weighted by Crippen LogP contribution is -1.98. The van der Waals surface area contributed by atoms with Gasteiger partial charge in [-0.05, 0) is 39.5 Å². The topological polar surface area (TPSA) is 39.4 Å². The average Bonchev–Trinajstić information content (AvgIpc) is 2.84. The van der Waals surface area contributed by atoms with Crippen LogP contribution in [0, 0.1) is 0 Å². The zero-order valence-electron chi connectivity index (χ0n) is 7.82. The summed E-state index contributed by atoms with van der Waals surface area (Å²) in [4.78, 5) is 12.5. The van der Waals surface area contributed by atoms with E-state index in [-0.39, 0.29) is 5.78 Å². The summed E-state index contributed by atoms with van der Waals surface area (Å²) in [6.07, 6.45) is 0. The minimum absolute atomic E-state index is 0.160. The quantitative estimate of drug-likeness (QED) is 0.813. The van der Waals surface area contributed by atoms with Gasteiger partial charge in [0.2, 0.25) is 5.78 Å². The largest absolute Gasteiger partial charge is 0.495 e. The van der Waals surface area contributed by atoms with Crippen LogP contribution in [0.1, 0.15) is 15.4 Å². The van der Waals surface area contributed by atoms with E-state index in [1.54, 1.807) is 18.2 Å². The number of rotatable bonds is 3. The van der Waals surface area contributed by atoms with Crippen molar-refractivity contribution >= 4 is 33.0 Å². The summed E-state index contributed by atoms with van der Waals surface area (Å²) in [5.74, 6) is 0.729. The van der Waals surface area contributed by atoms with E-state index in [1.165, 1.54) is 18.4 Å². The summed E-state index contributed by atoms with van der Waals surface area (Å²) in [7, 11) is 1.54. The Hall–Kier alpha value is -1.07. The first kappa shape index (κ1) is 10.4. The van der Waals surface area contributed by atoms with Crippen LogP contribution in [0.25, 0.3) is 0 Å². The van der Waals surface area contributed by atoms with Crippen LogP contribution in [0.2, 0.25) is 0 Å². The van der Waals surface area contributed by atoms with Gasteiger partial charge in [0.25, 0.3) is 0 Å². The smallest absolute Gasteiger partial charge is 0.241 e. The first-order valence-electron chi connectivity index (χ1n) is 4.14. The van der Waals surface area contributed by atoms with Crippen molar-refractivity contribution in [3.8, 4) is 5.75 Å². The lowest BCUT2D eigenvalue weighted by molar-refractivity contribution is 0.101. The van der Waals surface area contributed by atoms with Gasteiger partial charge in [0, 0.05) is 0 Å². The standard InChI is InChI=1S/C10H7BrO3S/c1-13-7-4-5-15-10(7)9(12)6-2-3-8(11)14-6/h2-5H,1H3. The van der Waals surface area contributed by atoms with Gasteiger partial charge < -0.3 is 9.15 Å². The second-order valence-corrected chi connectivity index (χ2v) is 4.45. The van der Waals surface area contributed by atoms with Crippen molar-refractivity contribution in [2.45, 2.75) is 0 Å². The highest BCUT2D eigenvalue weighted by Gasteiger charge is 2.18. The fourth-order valence-corrected chi connectivity index (χ4v) is 2.28. The van der Waals surface area contributed by atoms with Crippen LogP contribution in [0.4, 0.5) is 0 Å². The molecule has 2 rings (SSSR count). The van der Waals surface area contributed by atoms with Crippen molar-refractivity contribution in [3.63, 3.8) is 0 Å². The van der Waals surface area contributed by atoms with Crippen LogP contribution in [0.3, 0.4) is 0 Å². The van der Waals surface area contributed by atoms with Gasteiger partial charge in [-0.25, -0.2) is 0 Å². The van der Waals surface area contributed by atoms with Gasteiger partial charge in [-0.15, -0.1) is 11.3 Å². The molecule has 15 heavy (non-hydrogen) atoms. The Morgan fingerprint density at radius 3 is 2.87 bits per heavy atom. The van der Waals surface area contributed by atoms with Gasteiger partial charge in [0.05, 0.1) is 7.11 Å². The predicted octanol–water partition coefficient (Wildman–Crippen LogP) is 3.34. The molecule has 0 aliphatic heterocycles. The molecule has 0 amide bonds. The van der Waals surface area contributed by atoms with Crippen LogP contribution in [0.5, 0.6) is 5.75 Å². The van der Waals surface area contributed by atoms with Gasteiger partial charge in [-0.2, -0.15) is 0 Å². The average molecular weight is 287 g/mol. The molecule has 0 fully saturated rings. The van der Waals surface area contributed by atoms with E-state index in [0.29, 0.717) is 21.1 Å². The van der Waals surface area contributed by atoms with Crippen molar-refractivity contribution < 1.29 is 13.9 Å². The van der Waals surface area contributed by atoms with Gasteiger partial charge in [-0.1, -0.05) is 0 Å². The highest BCUT2D eigenvalue weighted by molar-refractivity contribution is 9.10. The third kappa shape index (κ3) is 1.98. The molecular formula is C10H7BrO3S. The van der Waals surface area contributed by atoms with Crippen molar-refractivity contribution in [3.05, 3.63) is 38.9 Å². The lowest BCUT2D eigenvalue weighted by Gasteiger charge is -1.98. The van der Waals surface area contributed by atoms with Crippen LogP contribution in [-0.2, 0) is 0 Å². The molecule has 2 aromatic rings. The van der Waals surface area contributed by atoms with E-state index >= 15 is 0 Å². The molecule has 0 saturated heterocycles. The maximum atomic E-state index is 11.9. The summed E-state index contributed by atoms with van der Waals surface area (Å²) < 4.78 is 10.8. The Morgan fingerprint density at radius 2 is 2.27 bits per heavy atom. The molecule has 0 atom stereocenters. The third-order valence-electron chi connectivity index (χ3n) is 1.85.